The first kappa shape index (κ1) is 15.3. The Bertz CT molecular complexity index is 895. The van der Waals surface area contributed by atoms with Crippen molar-refractivity contribution in [2.45, 2.75) is 13.3 Å². The molecular formula is C17H18ClN2OP. The molecule has 0 unspecified atom stereocenters. The van der Waals surface area contributed by atoms with E-state index in [1.165, 1.54) is 5.56 Å². The minimum Gasteiger partial charge on any atom is -0.346 e. The third kappa shape index (κ3) is 2.71. The third-order valence-corrected chi connectivity index (χ3v) is 5.85. The first-order valence-electron chi connectivity index (χ1n) is 7.21. The SMILES string of the molecule is CCc1c[nH]c2ncc(-c3ccc(Cl)c(P(C)(C)=O)c3)cc12. The summed E-state index contributed by atoms with van der Waals surface area (Å²) in [6.07, 6.45) is 4.79. The molecule has 3 rings (SSSR count). The Hall–Kier alpha value is -1.57. The summed E-state index contributed by atoms with van der Waals surface area (Å²) < 4.78 is 12.4. The lowest BCUT2D eigenvalue weighted by atomic mass is 10.1. The number of pyridine rings is 1. The van der Waals surface area contributed by atoms with Gasteiger partial charge in [-0.2, -0.15) is 0 Å². The lowest BCUT2D eigenvalue weighted by Crippen LogP contribution is -2.05. The Morgan fingerprint density at radius 2 is 2.00 bits per heavy atom. The van der Waals surface area contributed by atoms with E-state index in [0.29, 0.717) is 5.02 Å². The van der Waals surface area contributed by atoms with Crippen molar-refractivity contribution in [3.8, 4) is 11.1 Å². The van der Waals surface area contributed by atoms with E-state index in [0.717, 1.165) is 33.9 Å². The van der Waals surface area contributed by atoms with E-state index in [2.05, 4.69) is 23.0 Å². The maximum Gasteiger partial charge on any atom is 0.137 e. The van der Waals surface area contributed by atoms with Crippen LogP contribution in [0.25, 0.3) is 22.2 Å². The second-order valence-electron chi connectivity index (χ2n) is 5.80. The van der Waals surface area contributed by atoms with E-state index in [1.54, 1.807) is 13.3 Å². The average molecular weight is 333 g/mol. The standard InChI is InChI=1S/C17H18ClN2OP/c1-4-11-9-19-17-14(11)7-13(10-20-17)12-5-6-15(18)16(8-12)22(2,3)21/h5-10H,4H2,1-3H3,(H,19,20). The molecule has 0 radical (unpaired) electrons. The van der Waals surface area contributed by atoms with Crippen LogP contribution in [0.3, 0.4) is 0 Å². The van der Waals surface area contributed by atoms with Crippen molar-refractivity contribution >= 4 is 35.1 Å². The minimum atomic E-state index is -2.41. The number of aromatic nitrogens is 2. The van der Waals surface area contributed by atoms with Crippen molar-refractivity contribution in [1.29, 1.82) is 0 Å². The fraction of sp³-hybridized carbons (Fsp3) is 0.235. The molecule has 22 heavy (non-hydrogen) atoms. The summed E-state index contributed by atoms with van der Waals surface area (Å²) in [7, 11) is -2.41. The number of nitrogens with zero attached hydrogens (tertiary/aromatic N) is 1. The Labute approximate surface area is 135 Å². The van der Waals surface area contributed by atoms with Gasteiger partial charge in [-0.1, -0.05) is 24.6 Å². The molecule has 3 nitrogen and oxygen atoms in total. The number of nitrogens with one attached hydrogen (secondary N) is 1. The molecule has 5 heteroatoms. The number of hydrogen-bond acceptors (Lipinski definition) is 2. The van der Waals surface area contributed by atoms with Crippen LogP contribution in [0.2, 0.25) is 5.02 Å². The van der Waals surface area contributed by atoms with Crippen LogP contribution in [0.5, 0.6) is 0 Å². The Morgan fingerprint density at radius 1 is 1.23 bits per heavy atom. The van der Waals surface area contributed by atoms with E-state index in [4.69, 9.17) is 11.6 Å². The molecule has 0 aliphatic heterocycles. The maximum absolute atomic E-state index is 12.4. The Balaban J connectivity index is 2.17. The predicted octanol–water partition coefficient (Wildman–Crippen LogP) is 4.69. The molecule has 0 aliphatic carbocycles. The highest BCUT2D eigenvalue weighted by Crippen LogP contribution is 2.39. The normalized spacial score (nSPS) is 12.0. The first-order valence-corrected chi connectivity index (χ1v) is 10.2. The van der Waals surface area contributed by atoms with Gasteiger partial charge in [0.05, 0.1) is 5.02 Å². The van der Waals surface area contributed by atoms with Crippen molar-refractivity contribution in [3.05, 3.63) is 47.2 Å². The van der Waals surface area contributed by atoms with E-state index >= 15 is 0 Å². The molecule has 2 aromatic heterocycles. The highest BCUT2D eigenvalue weighted by Gasteiger charge is 2.16. The van der Waals surface area contributed by atoms with E-state index in [1.807, 2.05) is 30.6 Å². The average Bonchev–Trinajstić information content (AvgIpc) is 2.88. The van der Waals surface area contributed by atoms with E-state index in [-0.39, 0.29) is 0 Å². The van der Waals surface area contributed by atoms with Crippen LogP contribution in [0.1, 0.15) is 12.5 Å². The molecule has 0 atom stereocenters. The monoisotopic (exact) mass is 332 g/mol. The second-order valence-corrected chi connectivity index (χ2v) is 9.40. The van der Waals surface area contributed by atoms with Gasteiger partial charge in [-0.15, -0.1) is 0 Å². The van der Waals surface area contributed by atoms with Crippen LogP contribution in [0, 0.1) is 0 Å². The molecule has 2 heterocycles. The first-order chi connectivity index (χ1) is 10.4. The summed E-state index contributed by atoms with van der Waals surface area (Å²) in [5.41, 5.74) is 4.13. The van der Waals surface area contributed by atoms with Gasteiger partial charge >= 0.3 is 0 Å². The molecule has 0 saturated heterocycles. The van der Waals surface area contributed by atoms with Gasteiger partial charge in [0.25, 0.3) is 0 Å². The van der Waals surface area contributed by atoms with Gasteiger partial charge in [0.15, 0.2) is 0 Å². The van der Waals surface area contributed by atoms with Crippen LogP contribution >= 0.6 is 18.7 Å². The number of aryl methyl sites for hydroxylation is 1. The van der Waals surface area contributed by atoms with E-state index < -0.39 is 7.14 Å². The molecule has 0 saturated carbocycles. The summed E-state index contributed by atoms with van der Waals surface area (Å²) in [6, 6.07) is 7.81. The third-order valence-electron chi connectivity index (χ3n) is 3.86. The second kappa shape index (κ2) is 5.57. The highest BCUT2D eigenvalue weighted by atomic mass is 35.5. The number of hydrogen-bond donors (Lipinski definition) is 1. The van der Waals surface area contributed by atoms with Gasteiger partial charge in [0, 0.05) is 28.6 Å². The van der Waals surface area contributed by atoms with Crippen molar-refractivity contribution in [2.24, 2.45) is 0 Å². The van der Waals surface area contributed by atoms with Gasteiger partial charge in [0.1, 0.15) is 12.8 Å². The summed E-state index contributed by atoms with van der Waals surface area (Å²) in [5, 5.41) is 2.41. The van der Waals surface area contributed by atoms with Crippen molar-refractivity contribution < 1.29 is 4.57 Å². The fourth-order valence-electron chi connectivity index (χ4n) is 2.61. The van der Waals surface area contributed by atoms with Gasteiger partial charge in [-0.05, 0) is 49.1 Å². The predicted molar refractivity (Wildman–Crippen MR) is 95.0 cm³/mol. The Kier molecular flexibility index (Phi) is 3.88. The number of H-pyrrole nitrogens is 1. The van der Waals surface area contributed by atoms with Crippen LogP contribution in [0.4, 0.5) is 0 Å². The summed E-state index contributed by atoms with van der Waals surface area (Å²) in [6.45, 7) is 5.60. The number of rotatable bonds is 3. The van der Waals surface area contributed by atoms with Gasteiger partial charge in [-0.25, -0.2) is 4.98 Å². The fourth-order valence-corrected chi connectivity index (χ4v) is 4.38. The molecule has 114 valence electrons. The Morgan fingerprint density at radius 3 is 2.68 bits per heavy atom. The largest absolute Gasteiger partial charge is 0.346 e. The lowest BCUT2D eigenvalue weighted by molar-refractivity contribution is 0.588. The maximum atomic E-state index is 12.4. The molecule has 3 aromatic rings. The van der Waals surface area contributed by atoms with Crippen LogP contribution in [0.15, 0.2) is 36.7 Å². The van der Waals surface area contributed by atoms with Gasteiger partial charge < -0.3 is 9.55 Å². The highest BCUT2D eigenvalue weighted by molar-refractivity contribution is 7.70. The van der Waals surface area contributed by atoms with Crippen molar-refractivity contribution in [1.82, 2.24) is 9.97 Å². The topological polar surface area (TPSA) is 45.8 Å². The molecular weight excluding hydrogens is 315 g/mol. The molecule has 1 N–H and O–H groups in total. The zero-order valence-corrected chi connectivity index (χ0v) is 14.5. The molecule has 0 fully saturated rings. The minimum absolute atomic E-state index is 0.557. The van der Waals surface area contributed by atoms with Crippen LogP contribution < -0.4 is 5.30 Å². The lowest BCUT2D eigenvalue weighted by Gasteiger charge is -2.11. The summed E-state index contributed by atoms with van der Waals surface area (Å²) in [5.74, 6) is 0. The zero-order valence-electron chi connectivity index (χ0n) is 12.9. The summed E-state index contributed by atoms with van der Waals surface area (Å²) >= 11 is 6.20. The van der Waals surface area contributed by atoms with Crippen molar-refractivity contribution in [2.75, 3.05) is 13.3 Å². The molecule has 0 amide bonds. The number of fused-ring (bicyclic) bond motifs is 1. The van der Waals surface area contributed by atoms with Crippen LogP contribution in [-0.4, -0.2) is 23.3 Å². The zero-order chi connectivity index (χ0) is 15.9. The molecule has 0 spiro atoms. The smallest absolute Gasteiger partial charge is 0.137 e. The number of benzene rings is 1. The quantitative estimate of drug-likeness (QED) is 0.707. The number of aromatic amines is 1. The summed E-state index contributed by atoms with van der Waals surface area (Å²) in [4.78, 5) is 7.67. The number of halogens is 1. The van der Waals surface area contributed by atoms with Gasteiger partial charge in [0.2, 0.25) is 0 Å². The van der Waals surface area contributed by atoms with Crippen molar-refractivity contribution in [3.63, 3.8) is 0 Å². The van der Waals surface area contributed by atoms with E-state index in [9.17, 15) is 4.57 Å². The molecule has 1 aromatic carbocycles. The molecule has 0 bridgehead atoms. The van der Waals surface area contributed by atoms with Gasteiger partial charge in [-0.3, -0.25) is 0 Å². The van der Waals surface area contributed by atoms with Crippen LogP contribution in [-0.2, 0) is 11.0 Å². The molecule has 0 aliphatic rings.